The molecule has 0 spiro atoms. The highest BCUT2D eigenvalue weighted by atomic mass is 19.4. The van der Waals surface area contributed by atoms with Crippen molar-refractivity contribution in [3.05, 3.63) is 47.9 Å². The van der Waals surface area contributed by atoms with Crippen LogP contribution in [0, 0.1) is 0 Å². The number of nitrogens with zero attached hydrogens (tertiary/aromatic N) is 2. The van der Waals surface area contributed by atoms with Gasteiger partial charge < -0.3 is 10.2 Å². The monoisotopic (exact) mass is 255 g/mol. The Kier molecular flexibility index (Phi) is 3.05. The molecule has 0 radical (unpaired) electrons. The zero-order valence-corrected chi connectivity index (χ0v) is 8.98. The molecule has 0 atom stereocenters. The lowest BCUT2D eigenvalue weighted by Gasteiger charge is -2.07. The molecule has 1 heterocycles. The number of aliphatic imine (C=N–C) groups is 1. The van der Waals surface area contributed by atoms with Crippen LogP contribution in [0.2, 0.25) is 0 Å². The van der Waals surface area contributed by atoms with Gasteiger partial charge in [0.2, 0.25) is 0 Å². The summed E-state index contributed by atoms with van der Waals surface area (Å²) in [4.78, 5) is 7.46. The number of benzene rings is 1. The fourth-order valence-corrected chi connectivity index (χ4v) is 1.29. The molecule has 0 aliphatic carbocycles. The number of hydrogen-bond acceptors (Lipinski definition) is 3. The highest BCUT2D eigenvalue weighted by Gasteiger charge is 2.30. The van der Waals surface area contributed by atoms with E-state index in [0.717, 1.165) is 12.1 Å². The number of halogens is 3. The van der Waals surface area contributed by atoms with Crippen LogP contribution < -0.4 is 5.73 Å². The molecule has 0 amide bonds. The fraction of sp³-hybridized carbons (Fsp3) is 0.0909. The van der Waals surface area contributed by atoms with E-state index >= 15 is 0 Å². The summed E-state index contributed by atoms with van der Waals surface area (Å²) in [7, 11) is 0. The van der Waals surface area contributed by atoms with E-state index < -0.39 is 11.7 Å². The van der Waals surface area contributed by atoms with E-state index in [1.807, 2.05) is 0 Å². The minimum Gasteiger partial charge on any atom is -0.431 e. The fourth-order valence-electron chi connectivity index (χ4n) is 1.29. The minimum absolute atomic E-state index is 0.00934. The van der Waals surface area contributed by atoms with Crippen LogP contribution in [0.5, 0.6) is 0 Å². The average molecular weight is 255 g/mol. The van der Waals surface area contributed by atoms with Crippen molar-refractivity contribution in [2.24, 2.45) is 10.7 Å². The van der Waals surface area contributed by atoms with Crippen LogP contribution in [0.3, 0.4) is 0 Å². The molecule has 2 N–H and O–H groups in total. The van der Waals surface area contributed by atoms with Crippen LogP contribution in [-0.2, 0) is 6.18 Å². The van der Waals surface area contributed by atoms with Crippen molar-refractivity contribution in [1.29, 1.82) is 0 Å². The highest BCUT2D eigenvalue weighted by Crippen LogP contribution is 2.29. The number of amidine groups is 1. The topological polar surface area (TPSA) is 64.4 Å². The molecule has 0 bridgehead atoms. The van der Waals surface area contributed by atoms with Gasteiger partial charge in [0, 0.05) is 5.56 Å². The Morgan fingerprint density at radius 2 is 2.11 bits per heavy atom. The third-order valence-corrected chi connectivity index (χ3v) is 2.12. The first kappa shape index (κ1) is 12.2. The Morgan fingerprint density at radius 3 is 2.72 bits per heavy atom. The van der Waals surface area contributed by atoms with Gasteiger partial charge in [-0.15, -0.1) is 0 Å². The van der Waals surface area contributed by atoms with Crippen LogP contribution >= 0.6 is 0 Å². The zero-order valence-electron chi connectivity index (χ0n) is 8.98. The number of oxazole rings is 1. The Bertz CT molecular complexity index is 561. The first-order chi connectivity index (χ1) is 8.47. The smallest absolute Gasteiger partial charge is 0.416 e. The van der Waals surface area contributed by atoms with Gasteiger partial charge in [-0.1, -0.05) is 12.1 Å². The predicted molar refractivity (Wildman–Crippen MR) is 58.3 cm³/mol. The molecule has 0 saturated heterocycles. The number of aromatic nitrogens is 1. The van der Waals surface area contributed by atoms with Crippen molar-refractivity contribution in [3.63, 3.8) is 0 Å². The molecular formula is C11H8F3N3O. The van der Waals surface area contributed by atoms with E-state index in [9.17, 15) is 13.2 Å². The van der Waals surface area contributed by atoms with Crippen molar-refractivity contribution in [2.45, 2.75) is 6.18 Å². The molecule has 0 aliphatic rings. The summed E-state index contributed by atoms with van der Waals surface area (Å²) in [5.41, 5.74) is 4.95. The summed E-state index contributed by atoms with van der Waals surface area (Å²) in [6.45, 7) is 0. The maximum atomic E-state index is 12.5. The zero-order chi connectivity index (χ0) is 13.2. The molecular weight excluding hydrogens is 247 g/mol. The van der Waals surface area contributed by atoms with Crippen molar-refractivity contribution >= 4 is 11.9 Å². The molecule has 0 fully saturated rings. The lowest BCUT2D eigenvalue weighted by molar-refractivity contribution is -0.137. The van der Waals surface area contributed by atoms with Crippen LogP contribution in [0.25, 0.3) is 0 Å². The van der Waals surface area contributed by atoms with Crippen molar-refractivity contribution in [2.75, 3.05) is 0 Å². The normalized spacial score (nSPS) is 12.7. The summed E-state index contributed by atoms with van der Waals surface area (Å²) >= 11 is 0. The van der Waals surface area contributed by atoms with E-state index in [1.165, 1.54) is 24.6 Å². The number of rotatable bonds is 2. The van der Waals surface area contributed by atoms with E-state index in [1.54, 1.807) is 0 Å². The molecule has 7 heteroatoms. The summed E-state index contributed by atoms with van der Waals surface area (Å²) in [6.07, 6.45) is -1.77. The maximum Gasteiger partial charge on any atom is 0.416 e. The van der Waals surface area contributed by atoms with E-state index in [2.05, 4.69) is 9.98 Å². The summed E-state index contributed by atoms with van der Waals surface area (Å²) in [5.74, 6) is -0.0939. The Hall–Kier alpha value is -2.31. The van der Waals surface area contributed by atoms with Crippen LogP contribution in [-0.4, -0.2) is 10.8 Å². The molecule has 1 aromatic carbocycles. The summed E-state index contributed by atoms with van der Waals surface area (Å²) in [6, 6.07) is 4.56. The minimum atomic E-state index is -4.42. The highest BCUT2D eigenvalue weighted by molar-refractivity contribution is 5.98. The summed E-state index contributed by atoms with van der Waals surface area (Å²) < 4.78 is 42.3. The number of nitrogens with two attached hydrogens (primary N) is 1. The second kappa shape index (κ2) is 4.52. The lowest BCUT2D eigenvalue weighted by atomic mass is 10.1. The van der Waals surface area contributed by atoms with E-state index in [-0.39, 0.29) is 17.4 Å². The van der Waals surface area contributed by atoms with E-state index in [0.29, 0.717) is 0 Å². The summed E-state index contributed by atoms with van der Waals surface area (Å²) in [5, 5.41) is 0. The van der Waals surface area contributed by atoms with Crippen molar-refractivity contribution in [3.8, 4) is 0 Å². The second-order valence-corrected chi connectivity index (χ2v) is 3.39. The van der Waals surface area contributed by atoms with Gasteiger partial charge in [0.25, 0.3) is 0 Å². The van der Waals surface area contributed by atoms with Crippen molar-refractivity contribution < 1.29 is 17.6 Å². The van der Waals surface area contributed by atoms with Gasteiger partial charge in [-0.2, -0.15) is 18.2 Å². The number of alkyl halides is 3. The molecule has 0 saturated carbocycles. The third kappa shape index (κ3) is 2.68. The van der Waals surface area contributed by atoms with Gasteiger partial charge in [0.05, 0.1) is 11.8 Å². The Balaban J connectivity index is 2.34. The SMILES string of the molecule is NC(=Nc1ncco1)c1cccc(C(F)(F)F)c1. The average Bonchev–Trinajstić information content (AvgIpc) is 2.81. The molecule has 0 aliphatic heterocycles. The lowest BCUT2D eigenvalue weighted by Crippen LogP contribution is -2.14. The second-order valence-electron chi connectivity index (χ2n) is 3.39. The molecule has 0 unspecified atom stereocenters. The van der Waals surface area contributed by atoms with Crippen LogP contribution in [0.4, 0.5) is 19.2 Å². The van der Waals surface area contributed by atoms with Gasteiger partial charge in [0.1, 0.15) is 12.1 Å². The standard InChI is InChI=1S/C11H8F3N3O/c12-11(13,14)8-3-1-2-7(6-8)9(15)17-10-16-4-5-18-10/h1-6H,(H2,15,16,17). The van der Waals surface area contributed by atoms with Gasteiger partial charge in [-0.05, 0) is 12.1 Å². The van der Waals surface area contributed by atoms with Crippen LogP contribution in [0.1, 0.15) is 11.1 Å². The quantitative estimate of drug-likeness (QED) is 0.662. The van der Waals surface area contributed by atoms with Gasteiger partial charge >= 0.3 is 12.2 Å². The third-order valence-electron chi connectivity index (χ3n) is 2.12. The first-order valence-electron chi connectivity index (χ1n) is 4.88. The van der Waals surface area contributed by atoms with Gasteiger partial charge in [-0.25, -0.2) is 4.98 Å². The first-order valence-corrected chi connectivity index (χ1v) is 4.88. The van der Waals surface area contributed by atoms with Gasteiger partial charge in [-0.3, -0.25) is 0 Å². The van der Waals surface area contributed by atoms with Gasteiger partial charge in [0.15, 0.2) is 0 Å². The largest absolute Gasteiger partial charge is 0.431 e. The Morgan fingerprint density at radius 1 is 1.33 bits per heavy atom. The Labute approximate surface area is 100.0 Å². The maximum absolute atomic E-state index is 12.5. The molecule has 2 rings (SSSR count). The molecule has 94 valence electrons. The van der Waals surface area contributed by atoms with Crippen molar-refractivity contribution in [1.82, 2.24) is 4.98 Å². The number of hydrogen-bond donors (Lipinski definition) is 1. The molecule has 2 aromatic rings. The molecule has 4 nitrogen and oxygen atoms in total. The predicted octanol–water partition coefficient (Wildman–Crippen LogP) is 2.73. The van der Waals surface area contributed by atoms with Crippen LogP contribution in [0.15, 0.2) is 46.1 Å². The molecule has 1 aromatic heterocycles. The van der Waals surface area contributed by atoms with E-state index in [4.69, 9.17) is 10.2 Å². The molecule has 18 heavy (non-hydrogen) atoms.